The Bertz CT molecular complexity index is 667. The molecule has 5 nitrogen and oxygen atoms in total. The van der Waals surface area contributed by atoms with Gasteiger partial charge in [-0.3, -0.25) is 4.79 Å². The largest absolute Gasteiger partial charge is 0.504 e. The number of esters is 1. The number of anilines is 2. The Hall–Kier alpha value is -2.69. The van der Waals surface area contributed by atoms with Gasteiger partial charge in [-0.05, 0) is 36.8 Å². The molecule has 23 heavy (non-hydrogen) atoms. The molecule has 0 amide bonds. The molecule has 0 bridgehead atoms. The summed E-state index contributed by atoms with van der Waals surface area (Å²) in [6.07, 6.45) is 0.269. The lowest BCUT2D eigenvalue weighted by Crippen LogP contribution is -2.10. The molecular weight excluding hydrogens is 294 g/mol. The van der Waals surface area contributed by atoms with Gasteiger partial charge in [0.15, 0.2) is 11.5 Å². The number of benzene rings is 2. The third kappa shape index (κ3) is 4.16. The zero-order chi connectivity index (χ0) is 16.8. The monoisotopic (exact) mass is 315 g/mol. The van der Waals surface area contributed by atoms with Crippen molar-refractivity contribution in [3.05, 3.63) is 48.0 Å². The third-order valence-electron chi connectivity index (χ3n) is 3.53. The van der Waals surface area contributed by atoms with E-state index in [9.17, 15) is 9.90 Å². The van der Waals surface area contributed by atoms with Crippen LogP contribution in [-0.2, 0) is 16.0 Å². The number of methoxy groups -OCH3 is 1. The van der Waals surface area contributed by atoms with Crippen LogP contribution < -0.4 is 9.64 Å². The number of phenolic OH excluding ortho intramolecular Hbond substituents is 1. The number of carbonyl (C=O) groups excluding carboxylic acids is 1. The molecule has 0 aliphatic heterocycles. The first-order chi connectivity index (χ1) is 11.0. The number of ether oxygens (including phenoxy) is 2. The number of hydrogen-bond acceptors (Lipinski definition) is 5. The van der Waals surface area contributed by atoms with Gasteiger partial charge >= 0.3 is 5.97 Å². The topological polar surface area (TPSA) is 59.0 Å². The zero-order valence-electron chi connectivity index (χ0n) is 13.6. The first-order valence-electron chi connectivity index (χ1n) is 7.40. The maximum absolute atomic E-state index is 11.5. The van der Waals surface area contributed by atoms with E-state index in [-0.39, 0.29) is 18.1 Å². The number of phenols is 1. The molecule has 0 heterocycles. The molecule has 5 heteroatoms. The maximum atomic E-state index is 11.5. The highest BCUT2D eigenvalue weighted by molar-refractivity contribution is 5.73. The Morgan fingerprint density at radius 3 is 2.39 bits per heavy atom. The van der Waals surface area contributed by atoms with E-state index < -0.39 is 0 Å². The molecule has 0 aliphatic rings. The normalized spacial score (nSPS) is 10.2. The van der Waals surface area contributed by atoms with Gasteiger partial charge in [-0.25, -0.2) is 0 Å². The van der Waals surface area contributed by atoms with Gasteiger partial charge in [-0.1, -0.05) is 12.1 Å². The summed E-state index contributed by atoms with van der Waals surface area (Å²) in [7, 11) is 3.44. The van der Waals surface area contributed by atoms with Crippen LogP contribution >= 0.6 is 0 Å². The Balaban J connectivity index is 2.14. The van der Waals surface area contributed by atoms with Gasteiger partial charge in [-0.2, -0.15) is 0 Å². The van der Waals surface area contributed by atoms with Gasteiger partial charge < -0.3 is 19.5 Å². The fourth-order valence-electron chi connectivity index (χ4n) is 2.24. The van der Waals surface area contributed by atoms with E-state index >= 15 is 0 Å². The van der Waals surface area contributed by atoms with Gasteiger partial charge in [0.05, 0.1) is 20.1 Å². The summed E-state index contributed by atoms with van der Waals surface area (Å²) in [5.41, 5.74) is 2.76. The second kappa shape index (κ2) is 7.54. The molecule has 0 aliphatic carbocycles. The molecule has 122 valence electrons. The number of nitrogens with zero attached hydrogens (tertiary/aromatic N) is 1. The van der Waals surface area contributed by atoms with Crippen LogP contribution in [0.5, 0.6) is 11.5 Å². The molecule has 0 unspecified atom stereocenters. The van der Waals surface area contributed by atoms with Crippen molar-refractivity contribution in [3.8, 4) is 11.5 Å². The summed E-state index contributed by atoms with van der Waals surface area (Å²) in [5, 5.41) is 9.66. The van der Waals surface area contributed by atoms with Gasteiger partial charge in [0.2, 0.25) is 0 Å². The molecule has 2 aromatic carbocycles. The van der Waals surface area contributed by atoms with Crippen LogP contribution in [0.15, 0.2) is 42.5 Å². The number of carbonyl (C=O) groups is 1. The second-order valence-corrected chi connectivity index (χ2v) is 5.06. The molecule has 0 radical (unpaired) electrons. The van der Waals surface area contributed by atoms with Crippen LogP contribution in [0, 0.1) is 0 Å². The Morgan fingerprint density at radius 2 is 1.78 bits per heavy atom. The van der Waals surface area contributed by atoms with Crippen LogP contribution in [-0.4, -0.2) is 31.8 Å². The van der Waals surface area contributed by atoms with Gasteiger partial charge in [0, 0.05) is 24.5 Å². The lowest BCUT2D eigenvalue weighted by Gasteiger charge is -2.20. The summed E-state index contributed by atoms with van der Waals surface area (Å²) in [4.78, 5) is 13.5. The minimum atomic E-state index is -0.225. The van der Waals surface area contributed by atoms with Crippen molar-refractivity contribution < 1.29 is 19.4 Å². The third-order valence-corrected chi connectivity index (χ3v) is 3.53. The quantitative estimate of drug-likeness (QED) is 0.829. The maximum Gasteiger partial charge on any atom is 0.310 e. The molecule has 0 atom stereocenters. The van der Waals surface area contributed by atoms with Crippen LogP contribution in [0.3, 0.4) is 0 Å². The fourth-order valence-corrected chi connectivity index (χ4v) is 2.24. The average molecular weight is 315 g/mol. The van der Waals surface area contributed by atoms with Crippen LogP contribution in [0.25, 0.3) is 0 Å². The number of hydrogen-bond donors (Lipinski definition) is 1. The Labute approximate surface area is 136 Å². The van der Waals surface area contributed by atoms with Gasteiger partial charge in [0.1, 0.15) is 0 Å². The van der Waals surface area contributed by atoms with E-state index in [0.29, 0.717) is 12.4 Å². The number of rotatable bonds is 6. The highest BCUT2D eigenvalue weighted by Gasteiger charge is 2.09. The Kier molecular flexibility index (Phi) is 5.46. The summed E-state index contributed by atoms with van der Waals surface area (Å²) in [5.74, 6) is 0.305. The van der Waals surface area contributed by atoms with Crippen molar-refractivity contribution in [2.75, 3.05) is 25.7 Å². The van der Waals surface area contributed by atoms with Crippen molar-refractivity contribution in [2.24, 2.45) is 0 Å². The van der Waals surface area contributed by atoms with Crippen molar-refractivity contribution in [1.82, 2.24) is 0 Å². The lowest BCUT2D eigenvalue weighted by molar-refractivity contribution is -0.142. The van der Waals surface area contributed by atoms with E-state index in [4.69, 9.17) is 9.47 Å². The first-order valence-corrected chi connectivity index (χ1v) is 7.40. The molecule has 0 saturated carbocycles. The van der Waals surface area contributed by atoms with E-state index in [2.05, 4.69) is 0 Å². The van der Waals surface area contributed by atoms with Crippen molar-refractivity contribution in [1.29, 1.82) is 0 Å². The molecule has 0 aromatic heterocycles. The molecule has 2 aromatic rings. The minimum Gasteiger partial charge on any atom is -0.504 e. The van der Waals surface area contributed by atoms with Gasteiger partial charge in [-0.15, -0.1) is 0 Å². The van der Waals surface area contributed by atoms with Crippen molar-refractivity contribution in [3.63, 3.8) is 0 Å². The highest BCUT2D eigenvalue weighted by atomic mass is 16.5. The zero-order valence-corrected chi connectivity index (χ0v) is 13.6. The predicted molar refractivity (Wildman–Crippen MR) is 89.5 cm³/mol. The second-order valence-electron chi connectivity index (χ2n) is 5.06. The summed E-state index contributed by atoms with van der Waals surface area (Å²) in [6, 6.07) is 12.9. The van der Waals surface area contributed by atoms with E-state index in [0.717, 1.165) is 16.9 Å². The summed E-state index contributed by atoms with van der Waals surface area (Å²) in [6.45, 7) is 2.18. The number of aromatic hydroxyl groups is 1. The molecular formula is C18H21NO4. The Morgan fingerprint density at radius 1 is 1.13 bits per heavy atom. The highest BCUT2D eigenvalue weighted by Crippen LogP contribution is 2.33. The molecule has 0 fully saturated rings. The SMILES string of the molecule is CCOC(=O)Cc1ccc(N(C)c2ccc(O)c(OC)c2)cc1. The minimum absolute atomic E-state index is 0.106. The summed E-state index contributed by atoms with van der Waals surface area (Å²) < 4.78 is 10.1. The van der Waals surface area contributed by atoms with Crippen molar-refractivity contribution in [2.45, 2.75) is 13.3 Å². The first kappa shape index (κ1) is 16.7. The van der Waals surface area contributed by atoms with Crippen LogP contribution in [0.4, 0.5) is 11.4 Å². The van der Waals surface area contributed by atoms with Crippen LogP contribution in [0.1, 0.15) is 12.5 Å². The fraction of sp³-hybridized carbons (Fsp3) is 0.278. The molecule has 0 saturated heterocycles. The lowest BCUT2D eigenvalue weighted by atomic mass is 10.1. The predicted octanol–water partition coefficient (Wildman–Crippen LogP) is 3.27. The average Bonchev–Trinajstić information content (AvgIpc) is 2.55. The molecule has 0 spiro atoms. The molecule has 1 N–H and O–H groups in total. The summed E-state index contributed by atoms with van der Waals surface area (Å²) >= 11 is 0. The smallest absolute Gasteiger partial charge is 0.310 e. The standard InChI is InChI=1S/C18H21NO4/c1-4-23-18(21)11-13-5-7-14(8-6-13)19(2)15-9-10-16(20)17(12-15)22-3/h5-10,12,20H,4,11H2,1-3H3. The van der Waals surface area contributed by atoms with Crippen LogP contribution in [0.2, 0.25) is 0 Å². The molecule has 2 rings (SSSR count). The van der Waals surface area contributed by atoms with E-state index in [1.807, 2.05) is 42.3 Å². The van der Waals surface area contributed by atoms with Gasteiger partial charge in [0.25, 0.3) is 0 Å². The van der Waals surface area contributed by atoms with Crippen molar-refractivity contribution >= 4 is 17.3 Å². The van der Waals surface area contributed by atoms with E-state index in [1.165, 1.54) is 7.11 Å². The van der Waals surface area contributed by atoms with E-state index in [1.54, 1.807) is 19.1 Å².